The van der Waals surface area contributed by atoms with Crippen LogP contribution >= 0.6 is 0 Å². The summed E-state index contributed by atoms with van der Waals surface area (Å²) >= 11 is 0. The smallest absolute Gasteiger partial charge is 0.137 e. The average Bonchev–Trinajstić information content (AvgIpc) is 3.04. The summed E-state index contributed by atoms with van der Waals surface area (Å²) in [5.41, 5.74) is 10.6. The molecule has 0 radical (unpaired) electrons. The van der Waals surface area contributed by atoms with Gasteiger partial charge in [-0.2, -0.15) is 0 Å². The van der Waals surface area contributed by atoms with Crippen LogP contribution in [0.15, 0.2) is 116 Å². The van der Waals surface area contributed by atoms with Gasteiger partial charge in [-0.15, -0.1) is 0 Å². The number of methoxy groups -OCH3 is 1. The molecule has 0 amide bonds. The Bertz CT molecular complexity index is 1780. The molecule has 0 aliphatic carbocycles. The van der Waals surface area contributed by atoms with Crippen LogP contribution in [0.2, 0.25) is 0 Å². The number of aromatic nitrogens is 2. The van der Waals surface area contributed by atoms with E-state index in [4.69, 9.17) is 9.72 Å². The summed E-state index contributed by atoms with van der Waals surface area (Å²) in [6, 6.07) is 34.0. The van der Waals surface area contributed by atoms with Crippen LogP contribution in [0, 0.1) is 0 Å². The molecule has 230 valence electrons. The molecular weight excluding hydrogens is 550 g/mol. The zero-order valence-corrected chi connectivity index (χ0v) is 28.0. The summed E-state index contributed by atoms with van der Waals surface area (Å²) in [5, 5.41) is 0. The fourth-order valence-electron chi connectivity index (χ4n) is 5.42. The van der Waals surface area contributed by atoms with Gasteiger partial charge in [0.15, 0.2) is 0 Å². The molecular formula is C41H45N3O. The average molecular weight is 596 g/mol. The molecule has 0 atom stereocenters. The highest BCUT2D eigenvalue weighted by atomic mass is 16.5. The topological polar surface area (TPSA) is 38.2 Å². The monoisotopic (exact) mass is 595 g/mol. The van der Waals surface area contributed by atoms with Gasteiger partial charge in [-0.3, -0.25) is 4.90 Å². The van der Waals surface area contributed by atoms with Crippen LogP contribution in [0.3, 0.4) is 0 Å². The second kappa shape index (κ2) is 12.7. The summed E-state index contributed by atoms with van der Waals surface area (Å²) in [6.45, 7) is 20.1. The van der Waals surface area contributed by atoms with Gasteiger partial charge in [-0.05, 0) is 88.0 Å². The van der Waals surface area contributed by atoms with E-state index in [2.05, 4.69) is 126 Å². The van der Waals surface area contributed by atoms with Crippen LogP contribution in [0.5, 0.6) is 5.75 Å². The zero-order chi connectivity index (χ0) is 32.4. The van der Waals surface area contributed by atoms with Crippen molar-refractivity contribution in [3.8, 4) is 39.4 Å². The van der Waals surface area contributed by atoms with Gasteiger partial charge in [0.1, 0.15) is 11.6 Å². The van der Waals surface area contributed by atoms with Crippen LogP contribution in [-0.4, -0.2) is 17.1 Å². The van der Waals surface area contributed by atoms with Crippen molar-refractivity contribution in [2.24, 2.45) is 0 Å². The molecule has 5 rings (SSSR count). The first-order valence-corrected chi connectivity index (χ1v) is 15.7. The first kappa shape index (κ1) is 31.7. The summed E-state index contributed by atoms with van der Waals surface area (Å²) in [6.07, 6.45) is 2.62. The fourth-order valence-corrected chi connectivity index (χ4v) is 5.42. The molecule has 5 aromatic rings. The Morgan fingerprint density at radius 1 is 0.711 bits per heavy atom. The van der Waals surface area contributed by atoms with Crippen molar-refractivity contribution in [1.82, 2.24) is 9.97 Å². The Kier molecular flexibility index (Phi) is 8.97. The van der Waals surface area contributed by atoms with Crippen LogP contribution in [0.25, 0.3) is 33.6 Å². The minimum atomic E-state index is 0.00227. The number of pyridine rings is 2. The molecule has 3 aromatic carbocycles. The van der Waals surface area contributed by atoms with E-state index in [0.717, 1.165) is 57.5 Å². The van der Waals surface area contributed by atoms with E-state index in [1.54, 1.807) is 7.11 Å². The standard InChI is InChI=1S/C41H45N3O/c1-10-28(2)44(39-20-13-14-21-42-39)34-17-15-16-29(24-34)36-25-31(26-37(43-36)35-18-11-12-19-38(35)45-9)30-22-32(40(3,4)5)27-33(23-30)41(6,7)8/h11-27H,2,10H2,1,3-9H3. The molecule has 45 heavy (non-hydrogen) atoms. The molecule has 0 saturated heterocycles. The Morgan fingerprint density at radius 3 is 1.98 bits per heavy atom. The first-order chi connectivity index (χ1) is 21.4. The molecule has 2 aromatic heterocycles. The number of allylic oxidation sites excluding steroid dienone is 1. The molecule has 4 nitrogen and oxygen atoms in total. The van der Waals surface area contributed by atoms with Gasteiger partial charge >= 0.3 is 0 Å². The second-order valence-electron chi connectivity index (χ2n) is 13.6. The summed E-state index contributed by atoms with van der Waals surface area (Å²) < 4.78 is 5.79. The molecule has 0 bridgehead atoms. The lowest BCUT2D eigenvalue weighted by molar-refractivity contribution is 0.416. The maximum Gasteiger partial charge on any atom is 0.137 e. The third-order valence-electron chi connectivity index (χ3n) is 8.21. The minimum Gasteiger partial charge on any atom is -0.496 e. The predicted octanol–water partition coefficient (Wildman–Crippen LogP) is 11.1. The maximum atomic E-state index is 5.79. The maximum absolute atomic E-state index is 5.79. The number of rotatable bonds is 8. The van der Waals surface area contributed by atoms with Crippen molar-refractivity contribution in [3.05, 3.63) is 127 Å². The van der Waals surface area contributed by atoms with E-state index >= 15 is 0 Å². The number of ether oxygens (including phenoxy) is 1. The van der Waals surface area contributed by atoms with E-state index in [9.17, 15) is 0 Å². The lowest BCUT2D eigenvalue weighted by Crippen LogP contribution is -2.16. The van der Waals surface area contributed by atoms with E-state index in [0.29, 0.717) is 0 Å². The quantitative estimate of drug-likeness (QED) is 0.179. The van der Waals surface area contributed by atoms with Crippen LogP contribution in [0.1, 0.15) is 66.0 Å². The normalized spacial score (nSPS) is 11.7. The highest BCUT2D eigenvalue weighted by Gasteiger charge is 2.22. The van der Waals surface area contributed by atoms with Crippen LogP contribution in [-0.2, 0) is 10.8 Å². The first-order valence-electron chi connectivity index (χ1n) is 15.7. The van der Waals surface area contributed by atoms with Crippen molar-refractivity contribution in [2.75, 3.05) is 12.0 Å². The van der Waals surface area contributed by atoms with Gasteiger partial charge in [0.25, 0.3) is 0 Å². The molecule has 2 heterocycles. The van der Waals surface area contributed by atoms with E-state index in [1.807, 2.05) is 42.6 Å². The molecule has 0 unspecified atom stereocenters. The summed E-state index contributed by atoms with van der Waals surface area (Å²) in [5.74, 6) is 1.63. The Labute approximate surface area is 269 Å². The van der Waals surface area contributed by atoms with Crippen molar-refractivity contribution >= 4 is 11.5 Å². The van der Waals surface area contributed by atoms with Gasteiger partial charge in [0.2, 0.25) is 0 Å². The van der Waals surface area contributed by atoms with Crippen molar-refractivity contribution in [1.29, 1.82) is 0 Å². The molecule has 0 aliphatic heterocycles. The van der Waals surface area contributed by atoms with Gasteiger partial charge in [-0.25, -0.2) is 9.97 Å². The number of nitrogens with zero attached hydrogens (tertiary/aromatic N) is 3. The van der Waals surface area contributed by atoms with Gasteiger partial charge in [0, 0.05) is 28.7 Å². The predicted molar refractivity (Wildman–Crippen MR) is 190 cm³/mol. The zero-order valence-electron chi connectivity index (χ0n) is 28.0. The molecule has 0 fully saturated rings. The number of hydrogen-bond donors (Lipinski definition) is 0. The van der Waals surface area contributed by atoms with E-state index in [1.165, 1.54) is 16.7 Å². The van der Waals surface area contributed by atoms with Gasteiger partial charge in [0.05, 0.1) is 18.5 Å². The number of hydrogen-bond acceptors (Lipinski definition) is 4. The number of anilines is 2. The van der Waals surface area contributed by atoms with Crippen LogP contribution < -0.4 is 9.64 Å². The Balaban J connectivity index is 1.75. The lowest BCUT2D eigenvalue weighted by atomic mass is 9.79. The third-order valence-corrected chi connectivity index (χ3v) is 8.21. The highest BCUT2D eigenvalue weighted by molar-refractivity contribution is 5.81. The molecule has 0 aliphatic rings. The third kappa shape index (κ3) is 7.01. The SMILES string of the molecule is C=C(CC)N(c1cccc(-c2cc(-c3cc(C(C)(C)C)cc(C(C)(C)C)c3)cc(-c3ccccc3OC)n2)c1)c1ccccn1. The largest absolute Gasteiger partial charge is 0.496 e. The van der Waals surface area contributed by atoms with Crippen molar-refractivity contribution in [3.63, 3.8) is 0 Å². The van der Waals surface area contributed by atoms with Crippen LogP contribution in [0.4, 0.5) is 11.5 Å². The van der Waals surface area contributed by atoms with Crippen molar-refractivity contribution in [2.45, 2.75) is 65.7 Å². The number of benzene rings is 3. The van der Waals surface area contributed by atoms with E-state index in [-0.39, 0.29) is 10.8 Å². The molecule has 4 heteroatoms. The second-order valence-corrected chi connectivity index (χ2v) is 13.6. The minimum absolute atomic E-state index is 0.00227. The summed E-state index contributed by atoms with van der Waals surface area (Å²) in [7, 11) is 1.71. The van der Waals surface area contributed by atoms with Crippen molar-refractivity contribution < 1.29 is 4.74 Å². The Morgan fingerprint density at radius 2 is 1.36 bits per heavy atom. The summed E-state index contributed by atoms with van der Waals surface area (Å²) in [4.78, 5) is 12.0. The highest BCUT2D eigenvalue weighted by Crippen LogP contribution is 2.39. The molecule has 0 spiro atoms. The van der Waals surface area contributed by atoms with Gasteiger partial charge in [-0.1, -0.05) is 104 Å². The molecule has 0 N–H and O–H groups in total. The van der Waals surface area contributed by atoms with E-state index < -0.39 is 0 Å². The molecule has 0 saturated carbocycles. The fraction of sp³-hybridized carbons (Fsp3) is 0.268. The van der Waals surface area contributed by atoms with Gasteiger partial charge < -0.3 is 4.74 Å². The number of para-hydroxylation sites is 1. The lowest BCUT2D eigenvalue weighted by Gasteiger charge is -2.26. The Hall–Kier alpha value is -4.70.